The Balaban J connectivity index is 1.90. The number of nitrogens with two attached hydrogens (primary N) is 1. The molecular formula is C11H18N2O2. The molecule has 1 aliphatic rings. The molecule has 2 atom stereocenters. The lowest BCUT2D eigenvalue weighted by molar-refractivity contribution is 0.0938. The Hall–Kier alpha value is -1.03. The molecule has 2 N–H and O–H groups in total. The first-order valence-electron chi connectivity index (χ1n) is 5.59. The van der Waals surface area contributed by atoms with Gasteiger partial charge < -0.3 is 14.9 Å². The first kappa shape index (κ1) is 10.5. The minimum Gasteiger partial charge on any atom is -0.447 e. The van der Waals surface area contributed by atoms with Crippen LogP contribution < -0.4 is 10.5 Å². The van der Waals surface area contributed by atoms with E-state index in [1.165, 1.54) is 12.8 Å². The zero-order valence-corrected chi connectivity index (χ0v) is 9.11. The van der Waals surface area contributed by atoms with Crippen molar-refractivity contribution in [3.05, 3.63) is 12.0 Å². The highest BCUT2D eigenvalue weighted by atomic mass is 16.6. The monoisotopic (exact) mass is 210 g/mol. The lowest BCUT2D eigenvalue weighted by atomic mass is 9.89. The average molecular weight is 210 g/mol. The van der Waals surface area contributed by atoms with E-state index in [0.29, 0.717) is 12.6 Å². The van der Waals surface area contributed by atoms with Gasteiger partial charge in [0.25, 0.3) is 0 Å². The van der Waals surface area contributed by atoms with E-state index in [4.69, 9.17) is 14.9 Å². The maximum Gasteiger partial charge on any atom is 0.394 e. The predicted octanol–water partition coefficient (Wildman–Crippen LogP) is 2.09. The topological polar surface area (TPSA) is 61.3 Å². The number of rotatable bonds is 3. The van der Waals surface area contributed by atoms with Gasteiger partial charge in [0.2, 0.25) is 0 Å². The summed E-state index contributed by atoms with van der Waals surface area (Å²) in [5.41, 5.74) is 6.18. The van der Waals surface area contributed by atoms with Crippen molar-refractivity contribution in [2.45, 2.75) is 45.3 Å². The van der Waals surface area contributed by atoms with Crippen molar-refractivity contribution in [3.63, 3.8) is 0 Å². The van der Waals surface area contributed by atoms with Crippen molar-refractivity contribution in [1.82, 2.24) is 4.98 Å². The summed E-state index contributed by atoms with van der Waals surface area (Å²) in [5.74, 6) is 0.743. The van der Waals surface area contributed by atoms with E-state index >= 15 is 0 Å². The molecule has 1 aromatic heterocycles. The minimum absolute atomic E-state index is 0.262. The van der Waals surface area contributed by atoms with Gasteiger partial charge in [-0.05, 0) is 25.2 Å². The van der Waals surface area contributed by atoms with Crippen molar-refractivity contribution in [2.75, 3.05) is 0 Å². The molecule has 4 nitrogen and oxygen atoms in total. The highest BCUT2D eigenvalue weighted by Gasteiger charge is 2.21. The minimum atomic E-state index is 0.262. The van der Waals surface area contributed by atoms with Gasteiger partial charge in [0.15, 0.2) is 0 Å². The Morgan fingerprint density at radius 3 is 3.13 bits per heavy atom. The van der Waals surface area contributed by atoms with Crippen LogP contribution in [-0.4, -0.2) is 11.1 Å². The zero-order chi connectivity index (χ0) is 10.7. The quantitative estimate of drug-likeness (QED) is 0.829. The number of aromatic nitrogens is 1. The number of ether oxygens (including phenoxy) is 1. The van der Waals surface area contributed by atoms with Crippen molar-refractivity contribution >= 4 is 0 Å². The number of oxazole rings is 1. The van der Waals surface area contributed by atoms with E-state index < -0.39 is 0 Å². The van der Waals surface area contributed by atoms with E-state index in [0.717, 1.165) is 24.5 Å². The Morgan fingerprint density at radius 2 is 2.47 bits per heavy atom. The van der Waals surface area contributed by atoms with Crippen molar-refractivity contribution in [2.24, 2.45) is 11.7 Å². The van der Waals surface area contributed by atoms with Gasteiger partial charge in [-0.1, -0.05) is 13.3 Å². The fourth-order valence-electron chi connectivity index (χ4n) is 2.06. The summed E-state index contributed by atoms with van der Waals surface area (Å²) < 4.78 is 10.9. The number of nitrogens with zero attached hydrogens (tertiary/aromatic N) is 1. The lowest BCUT2D eigenvalue weighted by Crippen LogP contribution is -2.24. The molecule has 0 radical (unpaired) electrons. The van der Waals surface area contributed by atoms with E-state index in [-0.39, 0.29) is 6.10 Å². The Bertz CT molecular complexity index is 311. The van der Waals surface area contributed by atoms with Gasteiger partial charge in [0, 0.05) is 6.54 Å². The van der Waals surface area contributed by atoms with Crippen LogP contribution in [-0.2, 0) is 6.54 Å². The highest BCUT2D eigenvalue weighted by molar-refractivity contribution is 4.99. The van der Waals surface area contributed by atoms with Gasteiger partial charge >= 0.3 is 6.08 Å². The van der Waals surface area contributed by atoms with E-state index in [9.17, 15) is 0 Å². The predicted molar refractivity (Wildman–Crippen MR) is 56.4 cm³/mol. The molecule has 0 aliphatic heterocycles. The second kappa shape index (κ2) is 4.66. The third-order valence-electron chi connectivity index (χ3n) is 2.90. The van der Waals surface area contributed by atoms with Gasteiger partial charge in [0.1, 0.15) is 12.4 Å². The van der Waals surface area contributed by atoms with Crippen LogP contribution in [0.15, 0.2) is 10.7 Å². The van der Waals surface area contributed by atoms with Gasteiger partial charge in [-0.3, -0.25) is 0 Å². The molecule has 0 saturated heterocycles. The second-order valence-electron chi connectivity index (χ2n) is 4.32. The molecule has 84 valence electrons. The Labute approximate surface area is 89.8 Å². The van der Waals surface area contributed by atoms with Crippen LogP contribution in [0, 0.1) is 5.92 Å². The summed E-state index contributed by atoms with van der Waals surface area (Å²) in [6.07, 6.45) is 6.93. The molecule has 0 amide bonds. The summed E-state index contributed by atoms with van der Waals surface area (Å²) in [7, 11) is 0. The average Bonchev–Trinajstić information content (AvgIpc) is 2.65. The molecule has 1 aliphatic carbocycles. The van der Waals surface area contributed by atoms with Crippen LogP contribution >= 0.6 is 0 Å². The standard InChI is InChI=1S/C11H18N2O2/c1-8-3-2-4-10(5-8)15-11-13-9(6-12)7-14-11/h7-8,10H,2-6,12H2,1H3. The smallest absolute Gasteiger partial charge is 0.394 e. The maximum absolute atomic E-state index is 5.67. The molecule has 4 heteroatoms. The first-order valence-corrected chi connectivity index (χ1v) is 5.59. The Morgan fingerprint density at radius 1 is 1.60 bits per heavy atom. The number of hydrogen-bond donors (Lipinski definition) is 1. The van der Waals surface area contributed by atoms with Crippen LogP contribution in [0.5, 0.6) is 6.08 Å². The second-order valence-corrected chi connectivity index (χ2v) is 4.32. The van der Waals surface area contributed by atoms with Crippen LogP contribution in [0.3, 0.4) is 0 Å². The highest BCUT2D eigenvalue weighted by Crippen LogP contribution is 2.26. The summed E-state index contributed by atoms with van der Waals surface area (Å²) in [6.45, 7) is 2.66. The normalized spacial score (nSPS) is 26.5. The first-order chi connectivity index (χ1) is 7.28. The number of hydrogen-bond acceptors (Lipinski definition) is 4. The zero-order valence-electron chi connectivity index (χ0n) is 9.11. The van der Waals surface area contributed by atoms with E-state index in [1.54, 1.807) is 6.26 Å². The molecule has 2 unspecified atom stereocenters. The molecule has 0 aromatic carbocycles. The Kier molecular flexibility index (Phi) is 3.26. The molecule has 1 heterocycles. The third-order valence-corrected chi connectivity index (χ3v) is 2.90. The molecule has 1 fully saturated rings. The van der Waals surface area contributed by atoms with Crippen LogP contribution in [0.25, 0.3) is 0 Å². The largest absolute Gasteiger partial charge is 0.447 e. The van der Waals surface area contributed by atoms with E-state index in [1.807, 2.05) is 0 Å². The fourth-order valence-corrected chi connectivity index (χ4v) is 2.06. The van der Waals surface area contributed by atoms with Gasteiger partial charge in [-0.15, -0.1) is 0 Å². The lowest BCUT2D eigenvalue weighted by Gasteiger charge is -2.25. The van der Waals surface area contributed by atoms with Crippen LogP contribution in [0.4, 0.5) is 0 Å². The van der Waals surface area contributed by atoms with Crippen molar-refractivity contribution < 1.29 is 9.15 Å². The molecule has 2 rings (SSSR count). The maximum atomic E-state index is 5.67. The van der Waals surface area contributed by atoms with Crippen LogP contribution in [0.2, 0.25) is 0 Å². The fraction of sp³-hybridized carbons (Fsp3) is 0.727. The van der Waals surface area contributed by atoms with Crippen molar-refractivity contribution in [3.8, 4) is 6.08 Å². The van der Waals surface area contributed by atoms with Crippen molar-refractivity contribution in [1.29, 1.82) is 0 Å². The summed E-state index contributed by atoms with van der Waals surface area (Å²) >= 11 is 0. The summed E-state index contributed by atoms with van der Waals surface area (Å²) in [6, 6.07) is 0. The molecule has 0 bridgehead atoms. The molecule has 0 spiro atoms. The molecule has 1 saturated carbocycles. The van der Waals surface area contributed by atoms with E-state index in [2.05, 4.69) is 11.9 Å². The van der Waals surface area contributed by atoms with Gasteiger partial charge in [-0.25, -0.2) is 0 Å². The SMILES string of the molecule is CC1CCCC(Oc2nc(CN)co2)C1. The molecule has 1 aromatic rings. The van der Waals surface area contributed by atoms with Gasteiger partial charge in [-0.2, -0.15) is 4.98 Å². The van der Waals surface area contributed by atoms with Crippen LogP contribution in [0.1, 0.15) is 38.3 Å². The molecular weight excluding hydrogens is 192 g/mol. The van der Waals surface area contributed by atoms with Gasteiger partial charge in [0.05, 0.1) is 5.69 Å². The summed E-state index contributed by atoms with van der Waals surface area (Å²) in [4.78, 5) is 4.13. The molecule has 15 heavy (non-hydrogen) atoms. The third kappa shape index (κ3) is 2.72. The summed E-state index contributed by atoms with van der Waals surface area (Å²) in [5, 5.41) is 0.